The summed E-state index contributed by atoms with van der Waals surface area (Å²) in [5, 5.41) is 3.45. The summed E-state index contributed by atoms with van der Waals surface area (Å²) in [6.45, 7) is 7.23. The zero-order valence-electron chi connectivity index (χ0n) is 11.0. The van der Waals surface area contributed by atoms with Crippen LogP contribution >= 0.6 is 0 Å². The highest BCUT2D eigenvalue weighted by Crippen LogP contribution is 2.43. The molecule has 0 spiro atoms. The summed E-state index contributed by atoms with van der Waals surface area (Å²) in [4.78, 5) is 0. The van der Waals surface area contributed by atoms with Crippen molar-refractivity contribution in [1.29, 1.82) is 0 Å². The summed E-state index contributed by atoms with van der Waals surface area (Å²) in [5.74, 6) is 1.22. The first-order chi connectivity index (χ1) is 8.13. The number of hydrogen-bond donors (Lipinski definition) is 1. The lowest BCUT2D eigenvalue weighted by Gasteiger charge is -2.26. The Labute approximate surface area is 103 Å². The number of benzene rings is 1. The third-order valence-electron chi connectivity index (χ3n) is 3.80. The fraction of sp³-hybridized carbons (Fsp3) is 0.600. The Bertz CT molecular complexity index is 385. The van der Waals surface area contributed by atoms with Gasteiger partial charge in [0.1, 0.15) is 5.82 Å². The first kappa shape index (κ1) is 12.6. The van der Waals surface area contributed by atoms with Crippen molar-refractivity contribution in [3.8, 4) is 0 Å². The largest absolute Gasteiger partial charge is 0.310 e. The molecule has 1 aliphatic rings. The minimum absolute atomic E-state index is 0.0750. The van der Waals surface area contributed by atoms with E-state index in [4.69, 9.17) is 0 Å². The van der Waals surface area contributed by atoms with Crippen molar-refractivity contribution in [1.82, 2.24) is 5.32 Å². The Balaban J connectivity index is 2.27. The molecule has 1 aromatic carbocycles. The lowest BCUT2D eigenvalue weighted by Crippen LogP contribution is -2.28. The van der Waals surface area contributed by atoms with Gasteiger partial charge < -0.3 is 5.32 Å². The highest BCUT2D eigenvalue weighted by atomic mass is 19.1. The summed E-state index contributed by atoms with van der Waals surface area (Å²) in [7, 11) is 0. The molecule has 1 aliphatic carbocycles. The molecule has 1 saturated carbocycles. The van der Waals surface area contributed by atoms with E-state index in [-0.39, 0.29) is 11.9 Å². The van der Waals surface area contributed by atoms with Crippen molar-refractivity contribution in [2.45, 2.75) is 39.7 Å². The van der Waals surface area contributed by atoms with Crippen molar-refractivity contribution in [2.24, 2.45) is 11.8 Å². The van der Waals surface area contributed by atoms with E-state index in [0.29, 0.717) is 5.92 Å². The lowest BCUT2D eigenvalue weighted by molar-refractivity contribution is 0.345. The van der Waals surface area contributed by atoms with Crippen LogP contribution in [-0.4, -0.2) is 6.54 Å². The van der Waals surface area contributed by atoms with Gasteiger partial charge in [0, 0.05) is 11.6 Å². The zero-order valence-corrected chi connectivity index (χ0v) is 11.0. The van der Waals surface area contributed by atoms with E-state index in [1.165, 1.54) is 12.8 Å². The van der Waals surface area contributed by atoms with Crippen LogP contribution in [0.25, 0.3) is 0 Å². The van der Waals surface area contributed by atoms with Gasteiger partial charge in [0.25, 0.3) is 0 Å². The van der Waals surface area contributed by atoms with Gasteiger partial charge in [-0.15, -0.1) is 0 Å². The quantitative estimate of drug-likeness (QED) is 0.818. The molecule has 0 radical (unpaired) electrons. The van der Waals surface area contributed by atoms with E-state index in [9.17, 15) is 4.39 Å². The molecule has 94 valence electrons. The third kappa shape index (κ3) is 2.86. The number of rotatable bonds is 5. The van der Waals surface area contributed by atoms with Crippen molar-refractivity contribution >= 4 is 0 Å². The Morgan fingerprint density at radius 1 is 1.41 bits per heavy atom. The van der Waals surface area contributed by atoms with Crippen LogP contribution in [0.2, 0.25) is 0 Å². The molecular weight excluding hydrogens is 213 g/mol. The van der Waals surface area contributed by atoms with Crippen molar-refractivity contribution in [3.05, 3.63) is 35.1 Å². The summed E-state index contributed by atoms with van der Waals surface area (Å²) in [6, 6.07) is 5.58. The second kappa shape index (κ2) is 5.18. The molecule has 1 nitrogen and oxygen atoms in total. The fourth-order valence-corrected chi connectivity index (χ4v) is 2.59. The maximum absolute atomic E-state index is 13.9. The van der Waals surface area contributed by atoms with Crippen LogP contribution in [0.3, 0.4) is 0 Å². The third-order valence-corrected chi connectivity index (χ3v) is 3.80. The molecule has 0 bridgehead atoms. The Hall–Kier alpha value is -0.890. The molecule has 1 N–H and O–H groups in total. The normalized spacial score (nSPS) is 19.1. The van der Waals surface area contributed by atoms with Crippen molar-refractivity contribution in [3.63, 3.8) is 0 Å². The van der Waals surface area contributed by atoms with E-state index in [1.807, 2.05) is 19.1 Å². The maximum Gasteiger partial charge on any atom is 0.128 e. The second-order valence-corrected chi connectivity index (χ2v) is 5.26. The number of hydrogen-bond acceptors (Lipinski definition) is 1. The van der Waals surface area contributed by atoms with Crippen LogP contribution in [0.4, 0.5) is 4.39 Å². The predicted octanol–water partition coefficient (Wildman–Crippen LogP) is 3.83. The standard InChI is InChI=1S/C15H22FN/c1-4-17-15(11(3)12-6-7-12)13-9-10(2)5-8-14(13)16/h5,8-9,11-12,15,17H,4,6-7H2,1-3H3. The van der Waals surface area contributed by atoms with Crippen LogP contribution < -0.4 is 5.32 Å². The van der Waals surface area contributed by atoms with Crippen LogP contribution in [-0.2, 0) is 0 Å². The minimum atomic E-state index is -0.0750. The zero-order chi connectivity index (χ0) is 12.4. The van der Waals surface area contributed by atoms with Gasteiger partial charge in [-0.3, -0.25) is 0 Å². The molecule has 2 rings (SSSR count). The molecule has 2 unspecified atom stereocenters. The average Bonchev–Trinajstić information content (AvgIpc) is 3.12. The minimum Gasteiger partial charge on any atom is -0.310 e. The fourth-order valence-electron chi connectivity index (χ4n) is 2.59. The molecule has 1 fully saturated rings. The molecule has 0 amide bonds. The van der Waals surface area contributed by atoms with Gasteiger partial charge in [0.05, 0.1) is 0 Å². The van der Waals surface area contributed by atoms with Gasteiger partial charge in [-0.1, -0.05) is 31.5 Å². The average molecular weight is 235 g/mol. The topological polar surface area (TPSA) is 12.0 Å². The molecule has 2 atom stereocenters. The SMILES string of the molecule is CCNC(c1cc(C)ccc1F)C(C)C1CC1. The van der Waals surface area contributed by atoms with E-state index in [0.717, 1.165) is 23.6 Å². The van der Waals surface area contributed by atoms with Crippen molar-refractivity contribution in [2.75, 3.05) is 6.54 Å². The van der Waals surface area contributed by atoms with Gasteiger partial charge >= 0.3 is 0 Å². The van der Waals surface area contributed by atoms with Crippen LogP contribution in [0.15, 0.2) is 18.2 Å². The van der Waals surface area contributed by atoms with Gasteiger partial charge in [-0.05, 0) is 44.2 Å². The first-order valence-electron chi connectivity index (χ1n) is 6.63. The lowest BCUT2D eigenvalue weighted by atomic mass is 9.89. The number of aryl methyl sites for hydroxylation is 1. The summed E-state index contributed by atoms with van der Waals surface area (Å²) < 4.78 is 13.9. The van der Waals surface area contributed by atoms with Gasteiger partial charge in [0.2, 0.25) is 0 Å². The summed E-state index contributed by atoms with van der Waals surface area (Å²) in [5.41, 5.74) is 1.97. The first-order valence-corrected chi connectivity index (χ1v) is 6.63. The molecule has 1 aromatic rings. The molecule has 0 aromatic heterocycles. The van der Waals surface area contributed by atoms with E-state index < -0.39 is 0 Å². The van der Waals surface area contributed by atoms with Gasteiger partial charge in [0.15, 0.2) is 0 Å². The molecule has 17 heavy (non-hydrogen) atoms. The van der Waals surface area contributed by atoms with Gasteiger partial charge in [-0.25, -0.2) is 4.39 Å². The Morgan fingerprint density at radius 2 is 2.12 bits per heavy atom. The van der Waals surface area contributed by atoms with Crippen LogP contribution in [0.5, 0.6) is 0 Å². The Morgan fingerprint density at radius 3 is 2.71 bits per heavy atom. The van der Waals surface area contributed by atoms with Gasteiger partial charge in [-0.2, -0.15) is 0 Å². The summed E-state index contributed by atoms with van der Waals surface area (Å²) >= 11 is 0. The van der Waals surface area contributed by atoms with E-state index in [1.54, 1.807) is 6.07 Å². The molecule has 0 saturated heterocycles. The molecule has 0 aliphatic heterocycles. The molecule has 2 heteroatoms. The molecular formula is C15H22FN. The van der Waals surface area contributed by atoms with Crippen LogP contribution in [0.1, 0.15) is 43.9 Å². The maximum atomic E-state index is 13.9. The highest BCUT2D eigenvalue weighted by molar-refractivity contribution is 5.27. The second-order valence-electron chi connectivity index (χ2n) is 5.26. The Kier molecular flexibility index (Phi) is 3.82. The van der Waals surface area contributed by atoms with Crippen molar-refractivity contribution < 1.29 is 4.39 Å². The highest BCUT2D eigenvalue weighted by Gasteiger charge is 2.34. The molecule has 0 heterocycles. The number of halogens is 1. The number of nitrogens with one attached hydrogen (secondary N) is 1. The summed E-state index contributed by atoms with van der Waals surface area (Å²) in [6.07, 6.45) is 2.60. The van der Waals surface area contributed by atoms with E-state index >= 15 is 0 Å². The smallest absolute Gasteiger partial charge is 0.128 e. The predicted molar refractivity (Wildman–Crippen MR) is 69.4 cm³/mol. The monoisotopic (exact) mass is 235 g/mol. The van der Waals surface area contributed by atoms with E-state index in [2.05, 4.69) is 19.2 Å². The van der Waals surface area contributed by atoms with Crippen LogP contribution in [0, 0.1) is 24.6 Å².